The van der Waals surface area contributed by atoms with Gasteiger partial charge in [-0.2, -0.15) is 5.26 Å². The van der Waals surface area contributed by atoms with Gasteiger partial charge in [-0.1, -0.05) is 0 Å². The number of ether oxygens (including phenoxy) is 2. The summed E-state index contributed by atoms with van der Waals surface area (Å²) in [7, 11) is 0. The normalized spacial score (nSPS) is 16.5. The molecule has 2 aromatic rings. The highest BCUT2D eigenvalue weighted by molar-refractivity contribution is 6.28. The molecule has 0 radical (unpaired) electrons. The van der Waals surface area contributed by atoms with Crippen LogP contribution in [0.1, 0.15) is 32.8 Å². The lowest BCUT2D eigenvalue weighted by molar-refractivity contribution is 0.0275. The van der Waals surface area contributed by atoms with Crippen LogP contribution in [0, 0.1) is 11.3 Å². The number of rotatable bonds is 3. The third-order valence-corrected chi connectivity index (χ3v) is 4.29. The minimum absolute atomic E-state index is 0.143. The Balaban J connectivity index is 1.70. The van der Waals surface area contributed by atoms with Crippen molar-refractivity contribution in [1.29, 1.82) is 5.26 Å². The van der Waals surface area contributed by atoms with Crippen LogP contribution in [0.4, 0.5) is 4.79 Å². The van der Waals surface area contributed by atoms with E-state index in [-0.39, 0.29) is 17.5 Å². The number of carbonyl (C=O) groups excluding carboxylic acids is 1. The number of benzene rings is 1. The minimum atomic E-state index is -0.538. The van der Waals surface area contributed by atoms with Crippen molar-refractivity contribution in [1.82, 2.24) is 14.9 Å². The number of likely N-dealkylation sites (tertiary alicyclic amines) is 1. The summed E-state index contributed by atoms with van der Waals surface area (Å²) in [5, 5.41) is 9.66. The summed E-state index contributed by atoms with van der Waals surface area (Å²) < 4.78 is 11.4. The smallest absolute Gasteiger partial charge is 0.410 e. The van der Waals surface area contributed by atoms with Crippen LogP contribution in [-0.4, -0.2) is 45.8 Å². The largest absolute Gasteiger partial charge is 0.487 e. The number of amides is 1. The maximum absolute atomic E-state index is 12.2. The maximum atomic E-state index is 12.2. The highest BCUT2D eigenvalue weighted by atomic mass is 35.5. The molecule has 8 heteroatoms. The van der Waals surface area contributed by atoms with Crippen molar-refractivity contribution < 1.29 is 14.3 Å². The number of hydrogen-bond acceptors (Lipinski definition) is 6. The van der Waals surface area contributed by atoms with E-state index in [9.17, 15) is 10.1 Å². The molecular weight excluding hydrogens is 380 g/mol. The molecule has 1 aliphatic heterocycles. The molecule has 1 fully saturated rings. The van der Waals surface area contributed by atoms with Crippen LogP contribution in [0.25, 0.3) is 11.3 Å². The zero-order chi connectivity index (χ0) is 20.3. The van der Waals surface area contributed by atoms with Gasteiger partial charge in [0.25, 0.3) is 0 Å². The third kappa shape index (κ3) is 4.90. The quantitative estimate of drug-likeness (QED) is 0.722. The van der Waals surface area contributed by atoms with Crippen LogP contribution < -0.4 is 4.74 Å². The molecule has 1 saturated heterocycles. The van der Waals surface area contributed by atoms with Gasteiger partial charge in [-0.05, 0) is 56.6 Å². The second-order valence-electron chi connectivity index (χ2n) is 7.49. The van der Waals surface area contributed by atoms with Gasteiger partial charge in [0, 0.05) is 24.7 Å². The SMILES string of the molecule is CC(C)(C)OC(=O)N1CCC(Oc2ccc(-c3ccnc(Cl)n3)cc2C#N)C1. The molecule has 7 nitrogen and oxygen atoms in total. The van der Waals surface area contributed by atoms with E-state index in [0.29, 0.717) is 36.5 Å². The fourth-order valence-corrected chi connectivity index (χ4v) is 3.02. The zero-order valence-electron chi connectivity index (χ0n) is 16.0. The molecule has 0 saturated carbocycles. The van der Waals surface area contributed by atoms with Gasteiger partial charge < -0.3 is 14.4 Å². The molecular formula is C20H21ClN4O3. The molecule has 1 atom stereocenters. The first-order chi connectivity index (χ1) is 13.2. The van der Waals surface area contributed by atoms with E-state index in [4.69, 9.17) is 21.1 Å². The standard InChI is InChI=1S/C20H21ClN4O3/c1-20(2,3)28-19(26)25-9-7-15(12-25)27-17-5-4-13(10-14(17)11-22)16-6-8-23-18(21)24-16/h4-6,8,10,15H,7,9,12H2,1-3H3. The lowest BCUT2D eigenvalue weighted by Gasteiger charge is -2.24. The number of aromatic nitrogens is 2. The van der Waals surface area contributed by atoms with Crippen LogP contribution in [-0.2, 0) is 4.74 Å². The molecule has 1 aliphatic rings. The van der Waals surface area contributed by atoms with E-state index in [1.54, 1.807) is 29.3 Å². The van der Waals surface area contributed by atoms with Crippen LogP contribution in [0.2, 0.25) is 5.28 Å². The van der Waals surface area contributed by atoms with Gasteiger partial charge in [0.1, 0.15) is 23.5 Å². The zero-order valence-corrected chi connectivity index (χ0v) is 16.7. The van der Waals surface area contributed by atoms with E-state index in [1.807, 2.05) is 26.8 Å². The Morgan fingerprint density at radius 1 is 1.36 bits per heavy atom. The second-order valence-corrected chi connectivity index (χ2v) is 7.83. The molecule has 0 aliphatic carbocycles. The number of nitriles is 1. The predicted molar refractivity (Wildman–Crippen MR) is 104 cm³/mol. The van der Waals surface area contributed by atoms with Crippen LogP contribution in [0.15, 0.2) is 30.5 Å². The molecule has 0 N–H and O–H groups in total. The fraction of sp³-hybridized carbons (Fsp3) is 0.400. The van der Waals surface area contributed by atoms with Gasteiger partial charge in [0.15, 0.2) is 0 Å². The average Bonchev–Trinajstić information content (AvgIpc) is 3.09. The van der Waals surface area contributed by atoms with Crippen LogP contribution >= 0.6 is 11.6 Å². The lowest BCUT2D eigenvalue weighted by atomic mass is 10.1. The molecule has 1 aromatic carbocycles. The lowest BCUT2D eigenvalue weighted by Crippen LogP contribution is -2.36. The fourth-order valence-electron chi connectivity index (χ4n) is 2.87. The number of halogens is 1. The molecule has 0 spiro atoms. The molecule has 1 amide bonds. The van der Waals surface area contributed by atoms with Gasteiger partial charge in [0.05, 0.1) is 17.8 Å². The van der Waals surface area contributed by atoms with Crippen molar-refractivity contribution >= 4 is 17.7 Å². The summed E-state index contributed by atoms with van der Waals surface area (Å²) >= 11 is 5.84. The summed E-state index contributed by atoms with van der Waals surface area (Å²) in [5.74, 6) is 0.474. The highest BCUT2D eigenvalue weighted by Crippen LogP contribution is 2.28. The Hall–Kier alpha value is -2.85. The van der Waals surface area contributed by atoms with E-state index in [1.165, 1.54) is 0 Å². The average molecular weight is 401 g/mol. The molecule has 3 rings (SSSR count). The van der Waals surface area contributed by atoms with E-state index < -0.39 is 5.60 Å². The van der Waals surface area contributed by atoms with Crippen molar-refractivity contribution in [3.05, 3.63) is 41.3 Å². The topological polar surface area (TPSA) is 88.3 Å². The van der Waals surface area contributed by atoms with Crippen molar-refractivity contribution in [2.75, 3.05) is 13.1 Å². The first kappa shape index (κ1) is 19.9. The minimum Gasteiger partial charge on any atom is -0.487 e. The Kier molecular flexibility index (Phi) is 5.71. The Morgan fingerprint density at radius 2 is 2.14 bits per heavy atom. The first-order valence-corrected chi connectivity index (χ1v) is 9.30. The van der Waals surface area contributed by atoms with Gasteiger partial charge >= 0.3 is 6.09 Å². The maximum Gasteiger partial charge on any atom is 0.410 e. The van der Waals surface area contributed by atoms with Crippen LogP contribution in [0.5, 0.6) is 5.75 Å². The van der Waals surface area contributed by atoms with Crippen LogP contribution in [0.3, 0.4) is 0 Å². The Bertz CT molecular complexity index is 920. The van der Waals surface area contributed by atoms with Gasteiger partial charge in [0.2, 0.25) is 5.28 Å². The van der Waals surface area contributed by atoms with E-state index >= 15 is 0 Å². The van der Waals surface area contributed by atoms with Crippen molar-refractivity contribution in [2.45, 2.75) is 38.9 Å². The van der Waals surface area contributed by atoms with E-state index in [2.05, 4.69) is 16.0 Å². The Labute approximate surface area is 168 Å². The number of hydrogen-bond donors (Lipinski definition) is 0. The van der Waals surface area contributed by atoms with E-state index in [0.717, 1.165) is 5.56 Å². The monoisotopic (exact) mass is 400 g/mol. The molecule has 2 heterocycles. The number of nitrogens with zero attached hydrogens (tertiary/aromatic N) is 4. The summed E-state index contributed by atoms with van der Waals surface area (Å²) in [5.41, 5.74) is 1.22. The first-order valence-electron chi connectivity index (χ1n) is 8.93. The third-order valence-electron chi connectivity index (χ3n) is 4.11. The number of carbonyl (C=O) groups is 1. The molecule has 0 bridgehead atoms. The molecule has 1 unspecified atom stereocenters. The molecule has 146 valence electrons. The van der Waals surface area contributed by atoms with Crippen molar-refractivity contribution in [2.24, 2.45) is 0 Å². The second kappa shape index (κ2) is 8.03. The summed E-state index contributed by atoms with van der Waals surface area (Å²) in [6.45, 7) is 6.48. The Morgan fingerprint density at radius 3 is 2.82 bits per heavy atom. The van der Waals surface area contributed by atoms with Crippen molar-refractivity contribution in [3.63, 3.8) is 0 Å². The predicted octanol–water partition coefficient (Wildman–Crippen LogP) is 4.06. The highest BCUT2D eigenvalue weighted by Gasteiger charge is 2.31. The van der Waals surface area contributed by atoms with Crippen molar-refractivity contribution in [3.8, 4) is 23.1 Å². The van der Waals surface area contributed by atoms with Gasteiger partial charge in [-0.25, -0.2) is 14.8 Å². The molecule has 1 aromatic heterocycles. The van der Waals surface area contributed by atoms with Gasteiger partial charge in [-0.3, -0.25) is 0 Å². The summed E-state index contributed by atoms with van der Waals surface area (Å²) in [4.78, 5) is 21.8. The summed E-state index contributed by atoms with van der Waals surface area (Å²) in [6, 6.07) is 9.13. The van der Waals surface area contributed by atoms with Gasteiger partial charge in [-0.15, -0.1) is 0 Å². The molecule has 28 heavy (non-hydrogen) atoms. The summed E-state index contributed by atoms with van der Waals surface area (Å²) in [6.07, 6.45) is 1.69.